The molecule has 1 saturated heterocycles. The Morgan fingerprint density at radius 2 is 2.13 bits per heavy atom. The van der Waals surface area contributed by atoms with Crippen LogP contribution in [0.15, 0.2) is 24.3 Å². The lowest BCUT2D eigenvalue weighted by atomic mass is 9.89. The van der Waals surface area contributed by atoms with Crippen LogP contribution in [0.2, 0.25) is 0 Å². The summed E-state index contributed by atoms with van der Waals surface area (Å²) in [4.78, 5) is 12.6. The number of amides is 1. The molecular weight excluding hydrogens is 316 g/mol. The summed E-state index contributed by atoms with van der Waals surface area (Å²) in [6.07, 6.45) is 2.37. The van der Waals surface area contributed by atoms with Crippen molar-refractivity contribution in [1.29, 1.82) is 0 Å². The minimum atomic E-state index is -0.671. The second-order valence-electron chi connectivity index (χ2n) is 6.03. The van der Waals surface area contributed by atoms with Gasteiger partial charge in [0.25, 0.3) is 5.91 Å². The molecule has 0 radical (unpaired) electrons. The van der Waals surface area contributed by atoms with E-state index in [1.54, 1.807) is 7.11 Å². The quantitative estimate of drug-likeness (QED) is 0.878. The average molecular weight is 341 g/mol. The van der Waals surface area contributed by atoms with Crippen molar-refractivity contribution in [3.63, 3.8) is 0 Å². The van der Waals surface area contributed by atoms with Crippen molar-refractivity contribution < 1.29 is 14.3 Å². The summed E-state index contributed by atoms with van der Waals surface area (Å²) >= 11 is 0. The molecule has 0 bridgehead atoms. The number of piperidine rings is 1. The number of ether oxygens (including phenoxy) is 2. The van der Waals surface area contributed by atoms with E-state index in [1.807, 2.05) is 18.2 Å². The Balaban J connectivity index is 0.00000192. The Morgan fingerprint density at radius 3 is 2.87 bits per heavy atom. The van der Waals surface area contributed by atoms with Gasteiger partial charge in [-0.05, 0) is 44.0 Å². The molecule has 5 nitrogen and oxygen atoms in total. The molecule has 1 fully saturated rings. The second kappa shape index (κ2) is 7.99. The van der Waals surface area contributed by atoms with Crippen molar-refractivity contribution in [2.45, 2.75) is 30.8 Å². The Morgan fingerprint density at radius 1 is 1.39 bits per heavy atom. The van der Waals surface area contributed by atoms with E-state index >= 15 is 0 Å². The molecule has 3 rings (SSSR count). The number of benzene rings is 1. The van der Waals surface area contributed by atoms with Gasteiger partial charge in [0.15, 0.2) is 0 Å². The monoisotopic (exact) mass is 340 g/mol. The molecule has 1 amide bonds. The third-order valence-corrected chi connectivity index (χ3v) is 4.81. The first-order valence-electron chi connectivity index (χ1n) is 8.01. The maximum absolute atomic E-state index is 12.6. The molecule has 1 unspecified atom stereocenters. The normalized spacial score (nSPS) is 22.2. The summed E-state index contributed by atoms with van der Waals surface area (Å²) in [5, 5.41) is 6.38. The van der Waals surface area contributed by atoms with Gasteiger partial charge in [-0.2, -0.15) is 0 Å². The lowest BCUT2D eigenvalue weighted by molar-refractivity contribution is -0.146. The van der Waals surface area contributed by atoms with Gasteiger partial charge in [0.1, 0.15) is 11.4 Å². The first-order valence-corrected chi connectivity index (χ1v) is 8.01. The highest BCUT2D eigenvalue weighted by Crippen LogP contribution is 2.33. The Hall–Kier alpha value is -1.30. The maximum atomic E-state index is 12.6. The predicted molar refractivity (Wildman–Crippen MR) is 91.4 cm³/mol. The SMILES string of the molecule is COC1(C(=O)NCC2CCOc3ccccc32)CCNCC1.Cl. The molecule has 23 heavy (non-hydrogen) atoms. The van der Waals surface area contributed by atoms with Gasteiger partial charge >= 0.3 is 0 Å². The average Bonchev–Trinajstić information content (AvgIpc) is 2.60. The molecule has 0 saturated carbocycles. The summed E-state index contributed by atoms with van der Waals surface area (Å²) in [5.74, 6) is 1.27. The first kappa shape index (κ1) is 18.0. The van der Waals surface area contributed by atoms with Gasteiger partial charge in [-0.25, -0.2) is 0 Å². The summed E-state index contributed by atoms with van der Waals surface area (Å²) in [7, 11) is 1.63. The molecule has 6 heteroatoms. The molecule has 1 aromatic rings. The number of nitrogens with one attached hydrogen (secondary N) is 2. The van der Waals surface area contributed by atoms with Crippen LogP contribution in [0, 0.1) is 0 Å². The zero-order valence-electron chi connectivity index (χ0n) is 13.5. The van der Waals surface area contributed by atoms with Crippen molar-refractivity contribution >= 4 is 18.3 Å². The van der Waals surface area contributed by atoms with Gasteiger partial charge in [-0.15, -0.1) is 12.4 Å². The lowest BCUT2D eigenvalue weighted by Gasteiger charge is -2.35. The van der Waals surface area contributed by atoms with Gasteiger partial charge in [0.05, 0.1) is 6.61 Å². The number of halogens is 1. The van der Waals surface area contributed by atoms with Gasteiger partial charge < -0.3 is 20.1 Å². The van der Waals surface area contributed by atoms with Crippen molar-refractivity contribution in [2.24, 2.45) is 0 Å². The van der Waals surface area contributed by atoms with Crippen LogP contribution in [0.25, 0.3) is 0 Å². The molecule has 2 aliphatic rings. The van der Waals surface area contributed by atoms with E-state index in [0.717, 1.165) is 38.1 Å². The van der Waals surface area contributed by atoms with Gasteiger partial charge in [-0.3, -0.25) is 4.79 Å². The van der Waals surface area contributed by atoms with Gasteiger partial charge in [0, 0.05) is 19.6 Å². The van der Waals surface area contributed by atoms with E-state index in [9.17, 15) is 4.79 Å². The first-order chi connectivity index (χ1) is 10.7. The van der Waals surface area contributed by atoms with Crippen molar-refractivity contribution in [2.75, 3.05) is 33.4 Å². The van der Waals surface area contributed by atoms with Crippen LogP contribution in [0.4, 0.5) is 0 Å². The van der Waals surface area contributed by atoms with Crippen molar-refractivity contribution in [1.82, 2.24) is 10.6 Å². The zero-order valence-corrected chi connectivity index (χ0v) is 14.3. The van der Waals surface area contributed by atoms with Crippen LogP contribution < -0.4 is 15.4 Å². The number of hydrogen-bond acceptors (Lipinski definition) is 4. The van der Waals surface area contributed by atoms with Gasteiger partial charge in [-0.1, -0.05) is 18.2 Å². The van der Waals surface area contributed by atoms with E-state index in [-0.39, 0.29) is 18.3 Å². The van der Waals surface area contributed by atoms with Gasteiger partial charge in [0.2, 0.25) is 0 Å². The minimum Gasteiger partial charge on any atom is -0.493 e. The predicted octanol–water partition coefficient (Wildman–Crippen LogP) is 1.86. The highest BCUT2D eigenvalue weighted by molar-refractivity contribution is 5.85. The van der Waals surface area contributed by atoms with Crippen LogP contribution in [0.5, 0.6) is 5.75 Å². The molecule has 2 aliphatic heterocycles. The zero-order chi connectivity index (χ0) is 15.4. The van der Waals surface area contributed by atoms with E-state index in [1.165, 1.54) is 5.56 Å². The van der Waals surface area contributed by atoms with Crippen LogP contribution in [-0.2, 0) is 9.53 Å². The largest absolute Gasteiger partial charge is 0.493 e. The number of carbonyl (C=O) groups excluding carboxylic acids is 1. The molecule has 128 valence electrons. The topological polar surface area (TPSA) is 59.6 Å². The number of fused-ring (bicyclic) bond motifs is 1. The fourth-order valence-electron chi connectivity index (χ4n) is 3.36. The molecular formula is C17H25ClN2O3. The maximum Gasteiger partial charge on any atom is 0.252 e. The number of carbonyl (C=O) groups is 1. The molecule has 1 aromatic carbocycles. The number of para-hydroxylation sites is 1. The molecule has 0 spiro atoms. The molecule has 2 heterocycles. The molecule has 2 N–H and O–H groups in total. The number of methoxy groups -OCH3 is 1. The van der Waals surface area contributed by atoms with Crippen molar-refractivity contribution in [3.8, 4) is 5.75 Å². The summed E-state index contributed by atoms with van der Waals surface area (Å²) in [5.41, 5.74) is 0.515. The van der Waals surface area contributed by atoms with E-state index in [4.69, 9.17) is 9.47 Å². The lowest BCUT2D eigenvalue weighted by Crippen LogP contribution is -2.54. The van der Waals surface area contributed by atoms with Crippen LogP contribution >= 0.6 is 12.4 Å². The van der Waals surface area contributed by atoms with Crippen LogP contribution in [-0.4, -0.2) is 44.9 Å². The number of rotatable bonds is 4. The third-order valence-electron chi connectivity index (χ3n) is 4.81. The second-order valence-corrected chi connectivity index (χ2v) is 6.03. The number of hydrogen-bond donors (Lipinski definition) is 2. The standard InChI is InChI=1S/C17H24N2O3.ClH/c1-21-17(7-9-18-10-8-17)16(20)19-12-13-6-11-22-15-5-3-2-4-14(13)15;/h2-5,13,18H,6-12H2,1H3,(H,19,20);1H. The highest BCUT2D eigenvalue weighted by atomic mass is 35.5. The summed E-state index contributed by atoms with van der Waals surface area (Å²) < 4.78 is 11.2. The Labute approximate surface area is 143 Å². The summed E-state index contributed by atoms with van der Waals surface area (Å²) in [6, 6.07) is 8.08. The van der Waals surface area contributed by atoms with E-state index < -0.39 is 5.60 Å². The van der Waals surface area contributed by atoms with E-state index in [2.05, 4.69) is 16.7 Å². The third kappa shape index (κ3) is 3.79. The molecule has 1 atom stereocenters. The smallest absolute Gasteiger partial charge is 0.252 e. The van der Waals surface area contributed by atoms with Crippen LogP contribution in [0.1, 0.15) is 30.7 Å². The molecule has 0 aliphatic carbocycles. The van der Waals surface area contributed by atoms with Crippen molar-refractivity contribution in [3.05, 3.63) is 29.8 Å². The Kier molecular flexibility index (Phi) is 6.27. The van der Waals surface area contributed by atoms with Crippen LogP contribution in [0.3, 0.4) is 0 Å². The van der Waals surface area contributed by atoms with E-state index in [0.29, 0.717) is 19.1 Å². The fourth-order valence-corrected chi connectivity index (χ4v) is 3.36. The summed E-state index contributed by atoms with van der Waals surface area (Å²) in [6.45, 7) is 2.98. The Bertz CT molecular complexity index is 532. The minimum absolute atomic E-state index is 0. The highest BCUT2D eigenvalue weighted by Gasteiger charge is 2.39. The molecule has 0 aromatic heterocycles. The fraction of sp³-hybridized carbons (Fsp3) is 0.588.